The molecule has 0 fully saturated rings. The highest BCUT2D eigenvalue weighted by Crippen LogP contribution is 2.32. The van der Waals surface area contributed by atoms with Crippen LogP contribution in [0.5, 0.6) is 11.5 Å². The minimum atomic E-state index is -3.91. The largest absolute Gasteiger partial charge is 0.486 e. The molecule has 28 heavy (non-hydrogen) atoms. The van der Waals surface area contributed by atoms with E-state index in [4.69, 9.17) is 9.47 Å². The number of fused-ring (bicyclic) bond motifs is 1. The number of hydrogen-bond acceptors (Lipinski definition) is 7. The van der Waals surface area contributed by atoms with Crippen molar-refractivity contribution in [3.63, 3.8) is 0 Å². The van der Waals surface area contributed by atoms with Gasteiger partial charge in [-0.3, -0.25) is 14.3 Å². The Balaban J connectivity index is 1.75. The highest BCUT2D eigenvalue weighted by Gasteiger charge is 2.20. The maximum atomic E-state index is 12.7. The van der Waals surface area contributed by atoms with E-state index in [0.717, 1.165) is 0 Å². The topological polar surface area (TPSA) is 120 Å². The van der Waals surface area contributed by atoms with Gasteiger partial charge in [-0.25, -0.2) is 8.42 Å². The van der Waals surface area contributed by atoms with Gasteiger partial charge in [0, 0.05) is 17.3 Å². The third kappa shape index (κ3) is 4.52. The summed E-state index contributed by atoms with van der Waals surface area (Å²) in [4.78, 5) is 23.2. The monoisotopic (exact) mass is 406 g/mol. The van der Waals surface area contributed by atoms with Gasteiger partial charge in [-0.05, 0) is 30.3 Å². The second kappa shape index (κ2) is 8.17. The zero-order valence-electron chi connectivity index (χ0n) is 14.9. The molecule has 9 nitrogen and oxygen atoms in total. The predicted octanol–water partition coefficient (Wildman–Crippen LogP) is 1.16. The first-order chi connectivity index (χ1) is 13.4. The lowest BCUT2D eigenvalue weighted by Gasteiger charge is -2.19. The van der Waals surface area contributed by atoms with Crippen LogP contribution in [0.1, 0.15) is 10.4 Å². The van der Waals surface area contributed by atoms with Crippen molar-refractivity contribution in [1.82, 2.24) is 5.32 Å². The summed E-state index contributed by atoms with van der Waals surface area (Å²) in [6, 6.07) is 10.2. The van der Waals surface area contributed by atoms with Gasteiger partial charge in [-0.2, -0.15) is 0 Å². The zero-order valence-corrected chi connectivity index (χ0v) is 15.7. The Bertz CT molecular complexity index is 1000. The number of esters is 1. The summed E-state index contributed by atoms with van der Waals surface area (Å²) in [6.45, 7) is 0.456. The fourth-order valence-electron chi connectivity index (χ4n) is 2.46. The minimum absolute atomic E-state index is 0.00250. The Morgan fingerprint density at radius 3 is 2.57 bits per heavy atom. The smallest absolute Gasteiger partial charge is 0.325 e. The van der Waals surface area contributed by atoms with E-state index in [-0.39, 0.29) is 22.7 Å². The molecule has 0 aromatic heterocycles. The molecule has 2 aromatic rings. The molecule has 1 amide bonds. The summed E-state index contributed by atoms with van der Waals surface area (Å²) < 4.78 is 43.0. The molecular formula is C18H18N2O7S. The summed E-state index contributed by atoms with van der Waals surface area (Å²) in [5.41, 5.74) is 0.381. The van der Waals surface area contributed by atoms with E-state index in [0.29, 0.717) is 24.7 Å². The number of methoxy groups -OCH3 is 1. The molecule has 148 valence electrons. The van der Waals surface area contributed by atoms with Crippen LogP contribution in [0.15, 0.2) is 47.4 Å². The lowest BCUT2D eigenvalue weighted by atomic mass is 10.2. The van der Waals surface area contributed by atoms with Gasteiger partial charge in [0.25, 0.3) is 15.9 Å². The van der Waals surface area contributed by atoms with Crippen molar-refractivity contribution < 1.29 is 32.2 Å². The number of benzene rings is 2. The van der Waals surface area contributed by atoms with Gasteiger partial charge < -0.3 is 19.5 Å². The van der Waals surface area contributed by atoms with E-state index in [1.54, 1.807) is 0 Å². The van der Waals surface area contributed by atoms with E-state index in [1.807, 2.05) is 0 Å². The SMILES string of the molecule is COC(=O)CNC(=O)c1cccc(NS(=O)(=O)c2ccc3c(c2)OCCO3)c1. The van der Waals surface area contributed by atoms with Gasteiger partial charge in [0.2, 0.25) is 0 Å². The second-order valence-corrected chi connectivity index (χ2v) is 7.43. The zero-order chi connectivity index (χ0) is 20.1. The highest BCUT2D eigenvalue weighted by atomic mass is 32.2. The summed E-state index contributed by atoms with van der Waals surface area (Å²) in [5.74, 6) is -0.297. The van der Waals surface area contributed by atoms with Crippen LogP contribution in [0.4, 0.5) is 5.69 Å². The molecule has 1 aliphatic rings. The Hall–Kier alpha value is -3.27. The molecule has 10 heteroatoms. The number of carbonyl (C=O) groups is 2. The number of sulfonamides is 1. The molecule has 0 atom stereocenters. The van der Waals surface area contributed by atoms with Gasteiger partial charge in [0.15, 0.2) is 11.5 Å². The van der Waals surface area contributed by atoms with Crippen LogP contribution in [0.25, 0.3) is 0 Å². The number of rotatable bonds is 6. The third-order valence-corrected chi connectivity index (χ3v) is 5.20. The molecule has 0 radical (unpaired) electrons. The number of ether oxygens (including phenoxy) is 3. The highest BCUT2D eigenvalue weighted by molar-refractivity contribution is 7.92. The predicted molar refractivity (Wildman–Crippen MR) is 99.0 cm³/mol. The molecule has 1 heterocycles. The Morgan fingerprint density at radius 1 is 1.07 bits per heavy atom. The fourth-order valence-corrected chi connectivity index (χ4v) is 3.52. The van der Waals surface area contributed by atoms with Gasteiger partial charge in [0.1, 0.15) is 19.8 Å². The Morgan fingerprint density at radius 2 is 1.82 bits per heavy atom. The number of carbonyl (C=O) groups excluding carboxylic acids is 2. The van der Waals surface area contributed by atoms with Crippen LogP contribution in [-0.4, -0.2) is 47.2 Å². The van der Waals surface area contributed by atoms with E-state index >= 15 is 0 Å². The number of anilines is 1. The van der Waals surface area contributed by atoms with Crippen LogP contribution < -0.4 is 19.5 Å². The van der Waals surface area contributed by atoms with Crippen LogP contribution >= 0.6 is 0 Å². The molecular weight excluding hydrogens is 388 g/mol. The van der Waals surface area contributed by atoms with Crippen molar-refractivity contribution in [2.24, 2.45) is 0 Å². The first-order valence-corrected chi connectivity index (χ1v) is 9.75. The van der Waals surface area contributed by atoms with E-state index in [9.17, 15) is 18.0 Å². The van der Waals surface area contributed by atoms with Crippen molar-refractivity contribution in [2.75, 3.05) is 31.6 Å². The molecule has 0 unspecified atom stereocenters. The molecule has 0 bridgehead atoms. The quantitative estimate of drug-likeness (QED) is 0.691. The maximum absolute atomic E-state index is 12.7. The maximum Gasteiger partial charge on any atom is 0.325 e. The van der Waals surface area contributed by atoms with Gasteiger partial charge in [-0.1, -0.05) is 6.07 Å². The van der Waals surface area contributed by atoms with E-state index in [2.05, 4.69) is 14.8 Å². The van der Waals surface area contributed by atoms with Crippen molar-refractivity contribution in [1.29, 1.82) is 0 Å². The fraction of sp³-hybridized carbons (Fsp3) is 0.222. The van der Waals surface area contributed by atoms with Crippen LogP contribution in [0, 0.1) is 0 Å². The van der Waals surface area contributed by atoms with E-state index in [1.165, 1.54) is 49.6 Å². The molecule has 3 rings (SSSR count). The van der Waals surface area contributed by atoms with Crippen LogP contribution in [0.2, 0.25) is 0 Å². The molecule has 0 saturated carbocycles. The van der Waals surface area contributed by atoms with Crippen LogP contribution in [-0.2, 0) is 19.6 Å². The standard InChI is InChI=1S/C18H18N2O7S/c1-25-17(21)11-19-18(22)12-3-2-4-13(9-12)20-28(23,24)14-5-6-15-16(10-14)27-8-7-26-15/h2-6,9-10,20H,7-8,11H2,1H3,(H,19,22). The summed E-state index contributed by atoms with van der Waals surface area (Å²) >= 11 is 0. The molecule has 0 saturated heterocycles. The Kier molecular flexibility index (Phi) is 5.69. The van der Waals surface area contributed by atoms with Crippen molar-refractivity contribution in [3.05, 3.63) is 48.0 Å². The van der Waals surface area contributed by atoms with Gasteiger partial charge in [0.05, 0.1) is 12.0 Å². The summed E-state index contributed by atoms with van der Waals surface area (Å²) in [6.07, 6.45) is 0. The van der Waals surface area contributed by atoms with Gasteiger partial charge in [-0.15, -0.1) is 0 Å². The van der Waals surface area contributed by atoms with Crippen molar-refractivity contribution >= 4 is 27.6 Å². The number of hydrogen-bond donors (Lipinski definition) is 2. The average Bonchev–Trinajstić information content (AvgIpc) is 2.71. The van der Waals surface area contributed by atoms with Crippen LogP contribution in [0.3, 0.4) is 0 Å². The number of nitrogens with one attached hydrogen (secondary N) is 2. The molecule has 0 aliphatic carbocycles. The minimum Gasteiger partial charge on any atom is -0.486 e. The normalized spacial score (nSPS) is 12.8. The Labute approximate surface area is 161 Å². The molecule has 1 aliphatic heterocycles. The lowest BCUT2D eigenvalue weighted by molar-refractivity contribution is -0.139. The first-order valence-electron chi connectivity index (χ1n) is 8.26. The number of amides is 1. The average molecular weight is 406 g/mol. The molecule has 2 aromatic carbocycles. The van der Waals surface area contributed by atoms with Crippen molar-refractivity contribution in [3.8, 4) is 11.5 Å². The molecule has 0 spiro atoms. The molecule has 2 N–H and O–H groups in total. The third-order valence-electron chi connectivity index (χ3n) is 3.82. The second-order valence-electron chi connectivity index (χ2n) is 5.75. The van der Waals surface area contributed by atoms with Crippen molar-refractivity contribution in [2.45, 2.75) is 4.90 Å². The first kappa shape index (κ1) is 19.5. The summed E-state index contributed by atoms with van der Waals surface area (Å²) in [5, 5.41) is 2.38. The lowest BCUT2D eigenvalue weighted by Crippen LogP contribution is -2.30. The summed E-state index contributed by atoms with van der Waals surface area (Å²) in [7, 11) is -2.70. The van der Waals surface area contributed by atoms with E-state index < -0.39 is 21.9 Å². The van der Waals surface area contributed by atoms with Gasteiger partial charge >= 0.3 is 5.97 Å².